The van der Waals surface area contributed by atoms with Gasteiger partial charge < -0.3 is 36.0 Å². The van der Waals surface area contributed by atoms with E-state index in [4.69, 9.17) is 5.73 Å². The first kappa shape index (κ1) is 28.1. The summed E-state index contributed by atoms with van der Waals surface area (Å²) in [5.74, 6) is -5.81. The molecule has 0 radical (unpaired) electrons. The summed E-state index contributed by atoms with van der Waals surface area (Å²) in [4.78, 5) is 45.2. The number of likely N-dealkylation sites (N-methyl/N-ethyl adjacent to an activating group) is 1. The lowest BCUT2D eigenvalue weighted by atomic mass is 9.58. The van der Waals surface area contributed by atoms with Crippen molar-refractivity contribution in [2.45, 2.75) is 43.9 Å². The number of aliphatic hydroxyl groups excluding tert-OH is 2. The molecule has 0 saturated heterocycles. The molecule has 0 aromatic heterocycles. The van der Waals surface area contributed by atoms with E-state index in [-0.39, 0.29) is 29.7 Å². The maximum absolute atomic E-state index is 14.0. The van der Waals surface area contributed by atoms with Crippen LogP contribution in [0, 0.1) is 17.8 Å². The summed E-state index contributed by atoms with van der Waals surface area (Å²) < 4.78 is 0. The Kier molecular flexibility index (Phi) is 6.75. The molecule has 0 aliphatic heterocycles. The average Bonchev–Trinajstić information content (AvgIpc) is 3.64. The van der Waals surface area contributed by atoms with Gasteiger partial charge in [-0.15, -0.1) is 0 Å². The molecular weight excluding hydrogens is 516 g/mol. The topological polar surface area (TPSA) is 168 Å². The average molecular weight is 555 g/mol. The van der Waals surface area contributed by atoms with Crippen molar-refractivity contribution in [3.63, 3.8) is 0 Å². The van der Waals surface area contributed by atoms with Crippen molar-refractivity contribution in [2.24, 2.45) is 23.5 Å². The molecule has 4 atom stereocenters. The molecular formula is C29H38N4O7. The van der Waals surface area contributed by atoms with Gasteiger partial charge in [0.15, 0.2) is 11.4 Å². The maximum atomic E-state index is 14.0. The SMILES string of the molecule is CN(Cc1cc(O)c2c(c1N(C)C)C[C@H]1C[C@H]3[C@H](N(C)C)C(O)=C(C(N)=O)C(=O)[C@@]3(O)C(O)=C1C2=O)CC1CC1. The number of fused-ring (bicyclic) bond motifs is 3. The second-order valence-corrected chi connectivity index (χ2v) is 12.3. The lowest BCUT2D eigenvalue weighted by Gasteiger charge is -2.50. The van der Waals surface area contributed by atoms with E-state index in [2.05, 4.69) is 4.90 Å². The molecule has 11 heteroatoms. The Morgan fingerprint density at radius 2 is 1.75 bits per heavy atom. The van der Waals surface area contributed by atoms with Crippen molar-refractivity contribution in [3.05, 3.63) is 45.4 Å². The number of ketones is 2. The molecule has 1 aromatic carbocycles. The summed E-state index contributed by atoms with van der Waals surface area (Å²) in [5, 5.41) is 45.2. The predicted molar refractivity (Wildman–Crippen MR) is 147 cm³/mol. The van der Waals surface area contributed by atoms with Crippen LogP contribution in [0.2, 0.25) is 0 Å². The van der Waals surface area contributed by atoms with Gasteiger partial charge in [0.05, 0.1) is 11.6 Å². The number of phenols is 1. The number of nitrogens with two attached hydrogens (primary N) is 1. The number of Topliss-reactive ketones (excluding diaryl/α,β-unsaturated/α-hetero) is 2. The van der Waals surface area contributed by atoms with E-state index in [0.29, 0.717) is 18.0 Å². The molecule has 0 bridgehead atoms. The van der Waals surface area contributed by atoms with Gasteiger partial charge in [0.1, 0.15) is 22.8 Å². The highest BCUT2D eigenvalue weighted by molar-refractivity contribution is 6.24. The van der Waals surface area contributed by atoms with Crippen LogP contribution in [0.15, 0.2) is 28.7 Å². The van der Waals surface area contributed by atoms with Gasteiger partial charge in [-0.3, -0.25) is 19.3 Å². The summed E-state index contributed by atoms with van der Waals surface area (Å²) in [7, 11) is 9.00. The molecule has 40 heavy (non-hydrogen) atoms. The first-order chi connectivity index (χ1) is 18.7. The summed E-state index contributed by atoms with van der Waals surface area (Å²) in [6.45, 7) is 1.52. The van der Waals surface area contributed by atoms with Crippen LogP contribution in [-0.4, -0.2) is 101 Å². The zero-order valence-corrected chi connectivity index (χ0v) is 23.6. The number of allylic oxidation sites excluding steroid dienone is 1. The van der Waals surface area contributed by atoms with Gasteiger partial charge in [-0.25, -0.2) is 0 Å². The minimum atomic E-state index is -2.64. The molecule has 0 unspecified atom stereocenters. The predicted octanol–water partition coefficient (Wildman–Crippen LogP) is 1.03. The zero-order valence-electron chi connectivity index (χ0n) is 23.6. The van der Waals surface area contributed by atoms with Gasteiger partial charge >= 0.3 is 0 Å². The van der Waals surface area contributed by atoms with Gasteiger partial charge in [0.2, 0.25) is 5.78 Å². The number of carbonyl (C=O) groups excluding carboxylic acids is 3. The molecule has 4 aliphatic carbocycles. The minimum absolute atomic E-state index is 0.0260. The number of hydrogen-bond acceptors (Lipinski definition) is 10. The van der Waals surface area contributed by atoms with E-state index >= 15 is 0 Å². The molecule has 1 aromatic rings. The largest absolute Gasteiger partial charge is 0.510 e. The number of aromatic hydroxyl groups is 1. The molecule has 0 heterocycles. The maximum Gasteiger partial charge on any atom is 0.255 e. The van der Waals surface area contributed by atoms with Crippen molar-refractivity contribution in [2.75, 3.05) is 46.7 Å². The quantitative estimate of drug-likeness (QED) is 0.307. The van der Waals surface area contributed by atoms with Crippen LogP contribution in [0.5, 0.6) is 5.75 Å². The smallest absolute Gasteiger partial charge is 0.255 e. The highest BCUT2D eigenvalue weighted by Gasteiger charge is 2.63. The molecule has 5 rings (SSSR count). The number of phenolic OH excluding ortho intramolecular Hbond substituents is 1. The Morgan fingerprint density at radius 1 is 1.10 bits per heavy atom. The summed E-state index contributed by atoms with van der Waals surface area (Å²) in [6.07, 6.45) is 2.75. The third-order valence-electron chi connectivity index (χ3n) is 8.93. The van der Waals surface area contributed by atoms with E-state index < -0.39 is 58.0 Å². The number of benzene rings is 1. The van der Waals surface area contributed by atoms with Crippen LogP contribution in [0.1, 0.15) is 40.7 Å². The first-order valence-corrected chi connectivity index (χ1v) is 13.6. The normalized spacial score (nSPS) is 28.1. The molecule has 216 valence electrons. The third-order valence-corrected chi connectivity index (χ3v) is 8.93. The first-order valence-electron chi connectivity index (χ1n) is 13.6. The number of primary amides is 1. The van der Waals surface area contributed by atoms with E-state index in [1.54, 1.807) is 25.1 Å². The third kappa shape index (κ3) is 4.10. The number of amides is 1. The van der Waals surface area contributed by atoms with Crippen molar-refractivity contribution in [1.82, 2.24) is 9.80 Å². The van der Waals surface area contributed by atoms with Crippen molar-refractivity contribution < 1.29 is 34.8 Å². The van der Waals surface area contributed by atoms with Crippen molar-refractivity contribution in [3.8, 4) is 5.75 Å². The van der Waals surface area contributed by atoms with Gasteiger partial charge in [0.25, 0.3) is 5.91 Å². The van der Waals surface area contributed by atoms with E-state index in [9.17, 15) is 34.8 Å². The Balaban J connectivity index is 1.65. The van der Waals surface area contributed by atoms with Crippen molar-refractivity contribution in [1.29, 1.82) is 0 Å². The fraction of sp³-hybridized carbons (Fsp3) is 0.552. The fourth-order valence-electron chi connectivity index (χ4n) is 7.15. The molecule has 4 aliphatic rings. The number of rotatable bonds is 7. The van der Waals surface area contributed by atoms with Crippen molar-refractivity contribution >= 4 is 23.2 Å². The molecule has 1 saturated carbocycles. The van der Waals surface area contributed by atoms with Crippen LogP contribution < -0.4 is 10.6 Å². The number of aliphatic hydroxyl groups is 3. The van der Waals surface area contributed by atoms with Gasteiger partial charge in [-0.05, 0) is 75.9 Å². The Hall–Kier alpha value is -3.41. The summed E-state index contributed by atoms with van der Waals surface area (Å²) >= 11 is 0. The second kappa shape index (κ2) is 9.60. The monoisotopic (exact) mass is 554 g/mol. The van der Waals surface area contributed by atoms with E-state index in [0.717, 1.165) is 17.8 Å². The molecule has 0 spiro atoms. The summed E-state index contributed by atoms with van der Waals surface area (Å²) in [6, 6.07) is 0.558. The van der Waals surface area contributed by atoms with Crippen LogP contribution in [0.3, 0.4) is 0 Å². The minimum Gasteiger partial charge on any atom is -0.510 e. The van der Waals surface area contributed by atoms with Crippen LogP contribution in [0.25, 0.3) is 0 Å². The number of hydrogen-bond donors (Lipinski definition) is 5. The van der Waals surface area contributed by atoms with Crippen LogP contribution in [0.4, 0.5) is 5.69 Å². The number of carbonyl (C=O) groups is 3. The standard InChI is InChI=1S/C29H38N4O7/c1-31(2)22-15(12-33(5)11-13-6-7-13)10-18(34)20-16(22)8-14-9-17-23(32(3)4)25(36)21(28(30)39)27(38)29(17,40)26(37)19(14)24(20)35/h10,13-14,17,23,34,36-37,40H,6-9,11-12H2,1-5H3,(H2,30,39)/t14-,17-,23-,29-/m0/s1. The highest BCUT2D eigenvalue weighted by Crippen LogP contribution is 2.53. The van der Waals surface area contributed by atoms with Gasteiger partial charge in [-0.2, -0.15) is 0 Å². The van der Waals surface area contributed by atoms with Crippen LogP contribution >= 0.6 is 0 Å². The summed E-state index contributed by atoms with van der Waals surface area (Å²) in [5.41, 5.74) is 4.12. The Bertz CT molecular complexity index is 1380. The lowest BCUT2D eigenvalue weighted by Crippen LogP contribution is -2.63. The second-order valence-electron chi connectivity index (χ2n) is 12.3. The lowest BCUT2D eigenvalue weighted by molar-refractivity contribution is -0.148. The van der Waals surface area contributed by atoms with Crippen LogP contribution in [-0.2, 0) is 22.6 Å². The van der Waals surface area contributed by atoms with E-state index in [1.807, 2.05) is 26.0 Å². The fourth-order valence-corrected chi connectivity index (χ4v) is 7.15. The number of nitrogens with zero attached hydrogens (tertiary/aromatic N) is 3. The Morgan fingerprint density at radius 3 is 2.30 bits per heavy atom. The molecule has 11 nitrogen and oxygen atoms in total. The van der Waals surface area contributed by atoms with E-state index in [1.165, 1.54) is 12.8 Å². The number of anilines is 1. The van der Waals surface area contributed by atoms with Gasteiger partial charge in [0, 0.05) is 44.4 Å². The highest BCUT2D eigenvalue weighted by atomic mass is 16.3. The molecule has 1 fully saturated rings. The Labute approximate surface area is 233 Å². The molecule has 1 amide bonds. The molecule has 6 N–H and O–H groups in total. The zero-order chi connectivity index (χ0) is 29.4. The van der Waals surface area contributed by atoms with Gasteiger partial charge in [-0.1, -0.05) is 0 Å².